The van der Waals surface area contributed by atoms with Crippen LogP contribution in [0.4, 0.5) is 5.69 Å². The minimum absolute atomic E-state index is 0.250. The number of nitrogens with zero attached hydrogens (tertiary/aromatic N) is 1. The molecule has 5 heteroatoms. The number of hydrogen-bond donors (Lipinski definition) is 2. The summed E-state index contributed by atoms with van der Waals surface area (Å²) in [5.74, 6) is -0.325. The smallest absolute Gasteiger partial charge is 0.221 e. The van der Waals surface area contributed by atoms with E-state index in [1.165, 1.54) is 0 Å². The van der Waals surface area contributed by atoms with E-state index in [9.17, 15) is 4.79 Å². The Morgan fingerprint density at radius 2 is 2.22 bits per heavy atom. The Hall–Kier alpha value is -1.88. The normalized spacial score (nSPS) is 10.3. The number of hydrogen-bond acceptors (Lipinski definition) is 4. The topological polar surface area (TPSA) is 68.0 Å². The number of nitrogens with two attached hydrogens (primary N) is 1. The largest absolute Gasteiger partial charge is 0.378 e. The molecule has 94 valence electrons. The molecule has 0 aliphatic heterocycles. The van der Waals surface area contributed by atoms with E-state index in [2.05, 4.69) is 10.3 Å². The second-order valence-corrected chi connectivity index (χ2v) is 4.98. The van der Waals surface area contributed by atoms with Crippen molar-refractivity contribution in [3.05, 3.63) is 45.9 Å². The predicted molar refractivity (Wildman–Crippen MR) is 73.5 cm³/mol. The Morgan fingerprint density at radius 1 is 1.44 bits per heavy atom. The van der Waals surface area contributed by atoms with Crippen LogP contribution in [-0.4, -0.2) is 10.9 Å². The van der Waals surface area contributed by atoms with Crippen molar-refractivity contribution in [1.82, 2.24) is 4.98 Å². The van der Waals surface area contributed by atoms with Gasteiger partial charge in [-0.2, -0.15) is 0 Å². The molecule has 0 spiro atoms. The fraction of sp³-hybridized carbons (Fsp3) is 0.231. The quantitative estimate of drug-likeness (QED) is 0.866. The van der Waals surface area contributed by atoms with Gasteiger partial charge >= 0.3 is 0 Å². The fourth-order valence-corrected chi connectivity index (χ4v) is 2.40. The van der Waals surface area contributed by atoms with Gasteiger partial charge in [-0.15, -0.1) is 11.3 Å². The first-order valence-corrected chi connectivity index (χ1v) is 6.54. The van der Waals surface area contributed by atoms with Crippen molar-refractivity contribution >= 4 is 22.9 Å². The first-order valence-electron chi connectivity index (χ1n) is 5.66. The summed E-state index contributed by atoms with van der Waals surface area (Å²) < 4.78 is 0. The van der Waals surface area contributed by atoms with E-state index in [1.807, 2.05) is 36.6 Å². The molecule has 0 atom stereocenters. The lowest BCUT2D eigenvalue weighted by Crippen LogP contribution is -2.15. The highest BCUT2D eigenvalue weighted by atomic mass is 32.1. The van der Waals surface area contributed by atoms with E-state index in [0.29, 0.717) is 6.54 Å². The van der Waals surface area contributed by atoms with E-state index >= 15 is 0 Å². The van der Waals surface area contributed by atoms with Gasteiger partial charge in [0.05, 0.1) is 13.0 Å². The van der Waals surface area contributed by atoms with Crippen molar-refractivity contribution in [1.29, 1.82) is 0 Å². The molecular formula is C13H15N3OS. The maximum Gasteiger partial charge on any atom is 0.221 e. The molecule has 18 heavy (non-hydrogen) atoms. The summed E-state index contributed by atoms with van der Waals surface area (Å²) >= 11 is 1.62. The molecule has 0 radical (unpaired) electrons. The van der Waals surface area contributed by atoms with Crippen LogP contribution < -0.4 is 11.1 Å². The minimum Gasteiger partial charge on any atom is -0.378 e. The zero-order chi connectivity index (χ0) is 13.0. The van der Waals surface area contributed by atoms with Crippen LogP contribution in [0.3, 0.4) is 0 Å². The van der Waals surface area contributed by atoms with Gasteiger partial charge in [0.2, 0.25) is 5.91 Å². The third-order valence-corrected chi connectivity index (χ3v) is 3.45. The van der Waals surface area contributed by atoms with Crippen LogP contribution in [-0.2, 0) is 17.8 Å². The van der Waals surface area contributed by atoms with Crippen LogP contribution in [0.15, 0.2) is 29.6 Å². The van der Waals surface area contributed by atoms with Gasteiger partial charge < -0.3 is 11.1 Å². The second-order valence-electron chi connectivity index (χ2n) is 4.04. The number of nitrogens with one attached hydrogen (secondary N) is 1. The molecule has 1 aromatic carbocycles. The summed E-state index contributed by atoms with van der Waals surface area (Å²) in [6.45, 7) is 2.63. The van der Waals surface area contributed by atoms with Crippen molar-refractivity contribution in [3.63, 3.8) is 0 Å². The molecule has 0 saturated carbocycles. The maximum absolute atomic E-state index is 11.0. The summed E-state index contributed by atoms with van der Waals surface area (Å²) in [4.78, 5) is 15.4. The van der Waals surface area contributed by atoms with Gasteiger partial charge in [-0.3, -0.25) is 4.79 Å². The summed E-state index contributed by atoms with van der Waals surface area (Å²) in [6, 6.07) is 7.68. The molecule has 0 bridgehead atoms. The molecule has 0 saturated heterocycles. The standard InChI is InChI=1S/C13H15N3OS/c1-9-8-18-13(16-9)7-15-11-5-3-2-4-10(11)6-12(14)17/h2-5,8,15H,6-7H2,1H3,(H2,14,17). The molecule has 0 aliphatic rings. The molecule has 2 aromatic rings. The molecule has 0 unspecified atom stereocenters. The number of aryl methyl sites for hydroxylation is 1. The number of aromatic nitrogens is 1. The average molecular weight is 261 g/mol. The van der Waals surface area contributed by atoms with Crippen LogP contribution in [0.1, 0.15) is 16.3 Å². The average Bonchev–Trinajstić information content (AvgIpc) is 2.73. The van der Waals surface area contributed by atoms with Crippen LogP contribution in [0.5, 0.6) is 0 Å². The number of anilines is 1. The molecule has 1 amide bonds. The molecule has 0 aliphatic carbocycles. The number of amides is 1. The lowest BCUT2D eigenvalue weighted by Gasteiger charge is -2.09. The lowest BCUT2D eigenvalue weighted by molar-refractivity contribution is -0.117. The first kappa shape index (κ1) is 12.6. The van der Waals surface area contributed by atoms with E-state index in [1.54, 1.807) is 11.3 Å². The van der Waals surface area contributed by atoms with Gasteiger partial charge in [0.1, 0.15) is 5.01 Å². The number of carbonyl (C=O) groups excluding carboxylic acids is 1. The van der Waals surface area contributed by atoms with Crippen LogP contribution in [0.25, 0.3) is 0 Å². The van der Waals surface area contributed by atoms with Gasteiger partial charge in [-0.1, -0.05) is 18.2 Å². The van der Waals surface area contributed by atoms with E-state index in [0.717, 1.165) is 22.0 Å². The van der Waals surface area contributed by atoms with Gasteiger partial charge in [-0.05, 0) is 18.6 Å². The zero-order valence-corrected chi connectivity index (χ0v) is 11.0. The number of benzene rings is 1. The number of thiazole rings is 1. The van der Waals surface area contributed by atoms with Crippen molar-refractivity contribution in [2.24, 2.45) is 5.73 Å². The SMILES string of the molecule is Cc1csc(CNc2ccccc2CC(N)=O)n1. The fourth-order valence-electron chi connectivity index (χ4n) is 1.69. The van der Waals surface area contributed by atoms with Crippen LogP contribution in [0.2, 0.25) is 0 Å². The van der Waals surface area contributed by atoms with Gasteiger partial charge in [-0.25, -0.2) is 4.98 Å². The Labute approximate surface area is 110 Å². The summed E-state index contributed by atoms with van der Waals surface area (Å²) in [7, 11) is 0. The van der Waals surface area contributed by atoms with Crippen molar-refractivity contribution in [2.75, 3.05) is 5.32 Å². The maximum atomic E-state index is 11.0. The van der Waals surface area contributed by atoms with Crippen LogP contribution in [0, 0.1) is 6.92 Å². The van der Waals surface area contributed by atoms with E-state index < -0.39 is 0 Å². The van der Waals surface area contributed by atoms with Gasteiger partial charge in [0.25, 0.3) is 0 Å². The van der Waals surface area contributed by atoms with Crippen molar-refractivity contribution in [3.8, 4) is 0 Å². The molecule has 1 heterocycles. The first-order chi connectivity index (χ1) is 8.65. The molecule has 1 aromatic heterocycles. The van der Waals surface area contributed by atoms with E-state index in [-0.39, 0.29) is 12.3 Å². The third-order valence-electron chi connectivity index (χ3n) is 2.48. The third kappa shape index (κ3) is 3.30. The summed E-state index contributed by atoms with van der Waals surface area (Å²) in [6.07, 6.45) is 0.250. The highest BCUT2D eigenvalue weighted by Gasteiger charge is 2.05. The summed E-state index contributed by atoms with van der Waals surface area (Å²) in [5, 5.41) is 6.34. The Kier molecular flexibility index (Phi) is 3.94. The Balaban J connectivity index is 2.06. The number of primary amides is 1. The molecule has 0 fully saturated rings. The Bertz CT molecular complexity index is 551. The predicted octanol–water partition coefficient (Wildman–Crippen LogP) is 2.09. The van der Waals surface area contributed by atoms with Gasteiger partial charge in [0, 0.05) is 16.8 Å². The number of carbonyl (C=O) groups is 1. The lowest BCUT2D eigenvalue weighted by atomic mass is 10.1. The highest BCUT2D eigenvalue weighted by Crippen LogP contribution is 2.17. The van der Waals surface area contributed by atoms with Gasteiger partial charge in [0.15, 0.2) is 0 Å². The molecule has 2 rings (SSSR count). The minimum atomic E-state index is -0.325. The number of rotatable bonds is 5. The second kappa shape index (κ2) is 5.64. The number of para-hydroxylation sites is 1. The summed E-state index contributed by atoms with van der Waals surface area (Å²) in [5.41, 5.74) is 8.11. The molecular weight excluding hydrogens is 246 g/mol. The van der Waals surface area contributed by atoms with Crippen molar-refractivity contribution in [2.45, 2.75) is 19.9 Å². The molecule has 3 N–H and O–H groups in total. The zero-order valence-electron chi connectivity index (χ0n) is 10.1. The van der Waals surface area contributed by atoms with Crippen molar-refractivity contribution < 1.29 is 4.79 Å². The van der Waals surface area contributed by atoms with Crippen LogP contribution >= 0.6 is 11.3 Å². The highest BCUT2D eigenvalue weighted by molar-refractivity contribution is 7.09. The monoisotopic (exact) mass is 261 g/mol. The van der Waals surface area contributed by atoms with E-state index in [4.69, 9.17) is 5.73 Å². The molecule has 4 nitrogen and oxygen atoms in total. The Morgan fingerprint density at radius 3 is 2.89 bits per heavy atom.